The summed E-state index contributed by atoms with van der Waals surface area (Å²) in [4.78, 5) is 10.6. The SMILES string of the molecule is CC(=O)OCC1CC(C)(C)[N+]([O-])=CO1. The Kier molecular flexibility index (Phi) is 2.98. The van der Waals surface area contributed by atoms with Gasteiger partial charge in [0.05, 0.1) is 6.42 Å². The number of rotatable bonds is 2. The maximum absolute atomic E-state index is 11.2. The maximum Gasteiger partial charge on any atom is 0.336 e. The molecular weight excluding hydrogens is 186 g/mol. The molecule has 1 rings (SSSR count). The van der Waals surface area contributed by atoms with Crippen LogP contribution in [0.3, 0.4) is 0 Å². The molecule has 5 heteroatoms. The first kappa shape index (κ1) is 10.8. The van der Waals surface area contributed by atoms with E-state index in [0.717, 1.165) is 11.1 Å². The lowest BCUT2D eigenvalue weighted by molar-refractivity contribution is -0.556. The fraction of sp³-hybridized carbons (Fsp3) is 0.778. The molecule has 1 aliphatic heterocycles. The molecular formula is C9H15NO4. The second-order valence-corrected chi connectivity index (χ2v) is 4.01. The molecule has 0 saturated heterocycles. The van der Waals surface area contributed by atoms with Gasteiger partial charge in [0.15, 0.2) is 5.54 Å². The molecule has 0 aromatic heterocycles. The first-order chi connectivity index (χ1) is 6.42. The van der Waals surface area contributed by atoms with Crippen molar-refractivity contribution in [1.82, 2.24) is 0 Å². The van der Waals surface area contributed by atoms with Crippen molar-refractivity contribution in [2.24, 2.45) is 0 Å². The number of ether oxygens (including phenoxy) is 2. The third-order valence-corrected chi connectivity index (χ3v) is 2.15. The van der Waals surface area contributed by atoms with E-state index < -0.39 is 5.54 Å². The lowest BCUT2D eigenvalue weighted by Gasteiger charge is -2.31. The fourth-order valence-electron chi connectivity index (χ4n) is 1.29. The lowest BCUT2D eigenvalue weighted by atomic mass is 9.97. The number of carbonyl (C=O) groups is 1. The number of hydroxylamine groups is 1. The van der Waals surface area contributed by atoms with Crippen molar-refractivity contribution in [3.05, 3.63) is 5.21 Å². The van der Waals surface area contributed by atoms with E-state index in [0.29, 0.717) is 6.42 Å². The van der Waals surface area contributed by atoms with Crippen molar-refractivity contribution in [3.63, 3.8) is 0 Å². The summed E-state index contributed by atoms with van der Waals surface area (Å²) in [7, 11) is 0. The van der Waals surface area contributed by atoms with Crippen molar-refractivity contribution >= 4 is 12.4 Å². The van der Waals surface area contributed by atoms with Crippen molar-refractivity contribution in [2.45, 2.75) is 38.8 Å². The molecule has 0 aliphatic carbocycles. The average molecular weight is 201 g/mol. The van der Waals surface area contributed by atoms with Gasteiger partial charge in [-0.1, -0.05) is 0 Å². The number of hydrogen-bond donors (Lipinski definition) is 0. The fourth-order valence-corrected chi connectivity index (χ4v) is 1.29. The van der Waals surface area contributed by atoms with Crippen LogP contribution in [0.5, 0.6) is 0 Å². The van der Waals surface area contributed by atoms with Gasteiger partial charge in [-0.3, -0.25) is 4.79 Å². The second kappa shape index (κ2) is 3.86. The molecule has 1 unspecified atom stereocenters. The summed E-state index contributed by atoms with van der Waals surface area (Å²) in [6, 6.07) is 0. The molecule has 5 nitrogen and oxygen atoms in total. The Morgan fingerprint density at radius 3 is 2.93 bits per heavy atom. The normalized spacial score (nSPS) is 24.8. The third kappa shape index (κ3) is 2.61. The van der Waals surface area contributed by atoms with Crippen LogP contribution >= 0.6 is 0 Å². The van der Waals surface area contributed by atoms with Crippen LogP contribution in [0.15, 0.2) is 0 Å². The van der Waals surface area contributed by atoms with Gasteiger partial charge in [0.25, 0.3) is 0 Å². The van der Waals surface area contributed by atoms with Crippen molar-refractivity contribution in [3.8, 4) is 0 Å². The Morgan fingerprint density at radius 1 is 1.79 bits per heavy atom. The first-order valence-electron chi connectivity index (χ1n) is 4.50. The van der Waals surface area contributed by atoms with Crippen LogP contribution in [0, 0.1) is 5.21 Å². The zero-order valence-electron chi connectivity index (χ0n) is 8.65. The number of hydrogen-bond acceptors (Lipinski definition) is 4. The molecule has 14 heavy (non-hydrogen) atoms. The molecule has 0 bridgehead atoms. The highest BCUT2D eigenvalue weighted by atomic mass is 16.6. The summed E-state index contributed by atoms with van der Waals surface area (Å²) in [5, 5.41) is 11.2. The highest BCUT2D eigenvalue weighted by Crippen LogP contribution is 2.21. The van der Waals surface area contributed by atoms with Crippen LogP contribution in [0.1, 0.15) is 27.2 Å². The summed E-state index contributed by atoms with van der Waals surface area (Å²) in [5.41, 5.74) is -0.497. The molecule has 1 atom stereocenters. The van der Waals surface area contributed by atoms with E-state index in [9.17, 15) is 10.0 Å². The third-order valence-electron chi connectivity index (χ3n) is 2.15. The molecule has 80 valence electrons. The summed E-state index contributed by atoms with van der Waals surface area (Å²) >= 11 is 0. The zero-order valence-corrected chi connectivity index (χ0v) is 8.65. The average Bonchev–Trinajstić information content (AvgIpc) is 2.07. The van der Waals surface area contributed by atoms with Crippen LogP contribution < -0.4 is 0 Å². The molecule has 0 radical (unpaired) electrons. The zero-order chi connectivity index (χ0) is 10.8. The molecule has 0 aromatic carbocycles. The largest absolute Gasteiger partial charge is 0.621 e. The summed E-state index contributed by atoms with van der Waals surface area (Å²) in [5.74, 6) is -0.337. The van der Waals surface area contributed by atoms with E-state index in [1.807, 2.05) is 13.8 Å². The molecule has 1 heterocycles. The highest BCUT2D eigenvalue weighted by Gasteiger charge is 2.36. The smallest absolute Gasteiger partial charge is 0.336 e. The summed E-state index contributed by atoms with van der Waals surface area (Å²) in [6.45, 7) is 5.18. The highest BCUT2D eigenvalue weighted by molar-refractivity contribution is 5.65. The monoisotopic (exact) mass is 201 g/mol. The standard InChI is InChI=1S/C9H15NO4/c1-7(11)13-5-8-4-9(2,3)10(12)6-14-8/h6,8H,4-5H2,1-3H3. The molecule has 0 fully saturated rings. The van der Waals surface area contributed by atoms with E-state index >= 15 is 0 Å². The molecule has 0 saturated carbocycles. The first-order valence-corrected chi connectivity index (χ1v) is 4.50. The van der Waals surface area contributed by atoms with Gasteiger partial charge in [0, 0.05) is 20.8 Å². The van der Waals surface area contributed by atoms with Gasteiger partial charge in [-0.15, -0.1) is 0 Å². The number of nitrogens with zero attached hydrogens (tertiary/aromatic N) is 1. The quantitative estimate of drug-likeness (QED) is 0.374. The van der Waals surface area contributed by atoms with Crippen LogP contribution in [0.2, 0.25) is 0 Å². The Hall–Kier alpha value is -1.26. The molecule has 0 N–H and O–H groups in total. The van der Waals surface area contributed by atoms with Crippen molar-refractivity contribution < 1.29 is 19.0 Å². The van der Waals surface area contributed by atoms with E-state index in [2.05, 4.69) is 0 Å². The van der Waals surface area contributed by atoms with Gasteiger partial charge in [-0.2, -0.15) is 4.74 Å². The van der Waals surface area contributed by atoms with Gasteiger partial charge in [0.2, 0.25) is 0 Å². The summed E-state index contributed by atoms with van der Waals surface area (Å²) in [6.07, 6.45) is 1.46. The Labute approximate surface area is 82.9 Å². The number of carbonyl (C=O) groups excluding carboxylic acids is 1. The Morgan fingerprint density at radius 2 is 2.43 bits per heavy atom. The second-order valence-electron chi connectivity index (χ2n) is 4.01. The van der Waals surface area contributed by atoms with Gasteiger partial charge in [-0.05, 0) is 0 Å². The maximum atomic E-state index is 11.2. The van der Waals surface area contributed by atoms with E-state index in [1.165, 1.54) is 6.92 Å². The van der Waals surface area contributed by atoms with Crippen LogP contribution in [-0.4, -0.2) is 35.4 Å². The van der Waals surface area contributed by atoms with Crippen molar-refractivity contribution in [1.29, 1.82) is 0 Å². The minimum Gasteiger partial charge on any atom is -0.621 e. The topological polar surface area (TPSA) is 61.6 Å². The molecule has 0 aromatic rings. The van der Waals surface area contributed by atoms with Crippen molar-refractivity contribution in [2.75, 3.05) is 6.61 Å². The minimum atomic E-state index is -0.497. The predicted molar refractivity (Wildman–Crippen MR) is 49.9 cm³/mol. The van der Waals surface area contributed by atoms with E-state index in [4.69, 9.17) is 9.47 Å². The molecule has 0 spiro atoms. The van der Waals surface area contributed by atoms with E-state index in [1.54, 1.807) is 0 Å². The van der Waals surface area contributed by atoms with E-state index in [-0.39, 0.29) is 18.7 Å². The van der Waals surface area contributed by atoms with Crippen LogP contribution in [-0.2, 0) is 14.3 Å². The summed E-state index contributed by atoms with van der Waals surface area (Å²) < 4.78 is 10.7. The lowest BCUT2D eigenvalue weighted by Crippen LogP contribution is -2.44. The Bertz CT molecular complexity index is 260. The van der Waals surface area contributed by atoms with Gasteiger partial charge in [-0.25, -0.2) is 0 Å². The van der Waals surface area contributed by atoms with Gasteiger partial charge >= 0.3 is 12.4 Å². The van der Waals surface area contributed by atoms with Crippen LogP contribution in [0.25, 0.3) is 0 Å². The number of esters is 1. The minimum absolute atomic E-state index is 0.198. The van der Waals surface area contributed by atoms with Crippen LogP contribution in [0.4, 0.5) is 0 Å². The Balaban J connectivity index is 2.49. The van der Waals surface area contributed by atoms with Gasteiger partial charge in [0.1, 0.15) is 12.7 Å². The molecule has 1 aliphatic rings. The molecule has 0 amide bonds. The predicted octanol–water partition coefficient (Wildman–Crippen LogP) is 0.656. The van der Waals surface area contributed by atoms with Gasteiger partial charge < -0.3 is 14.7 Å².